The van der Waals surface area contributed by atoms with Crippen molar-refractivity contribution in [3.05, 3.63) is 22.2 Å². The van der Waals surface area contributed by atoms with Gasteiger partial charge in [0.15, 0.2) is 0 Å². The molecule has 0 aromatic carbocycles. The van der Waals surface area contributed by atoms with Crippen molar-refractivity contribution >= 4 is 0 Å². The van der Waals surface area contributed by atoms with Crippen molar-refractivity contribution in [2.45, 2.75) is 77.7 Å². The van der Waals surface area contributed by atoms with E-state index in [1.165, 1.54) is 32.1 Å². The van der Waals surface area contributed by atoms with Gasteiger partial charge in [0.2, 0.25) is 5.88 Å². The molecule has 0 aliphatic carbocycles. The van der Waals surface area contributed by atoms with Crippen molar-refractivity contribution in [1.29, 1.82) is 0 Å². The maximum absolute atomic E-state index is 12.2. The number of unbranched alkanes of at least 4 members (excludes halogenated alkanes) is 4. The molecule has 1 aliphatic rings. The molecule has 0 radical (unpaired) electrons. The molecular weight excluding hydrogens is 264 g/mol. The van der Waals surface area contributed by atoms with Gasteiger partial charge in [-0.25, -0.2) is 4.79 Å². The van der Waals surface area contributed by atoms with Crippen LogP contribution in [0.4, 0.5) is 0 Å². The quantitative estimate of drug-likeness (QED) is 0.649. The summed E-state index contributed by atoms with van der Waals surface area (Å²) in [6, 6.07) is 0.294. The summed E-state index contributed by atoms with van der Waals surface area (Å²) < 4.78 is 7.23. The van der Waals surface area contributed by atoms with Gasteiger partial charge in [0.05, 0.1) is 6.61 Å². The lowest BCUT2D eigenvalue weighted by molar-refractivity contribution is 0.339. The zero-order valence-corrected chi connectivity index (χ0v) is 13.4. The number of rotatable bonds is 9. The number of ether oxygens (including phenoxy) is 1. The average molecular weight is 292 g/mol. The van der Waals surface area contributed by atoms with Crippen molar-refractivity contribution in [1.82, 2.24) is 9.55 Å². The Morgan fingerprint density at radius 3 is 2.76 bits per heavy atom. The first-order valence-corrected chi connectivity index (χ1v) is 8.51. The highest BCUT2D eigenvalue weighted by atomic mass is 16.5. The highest BCUT2D eigenvalue weighted by molar-refractivity contribution is 5.26. The zero-order valence-electron chi connectivity index (χ0n) is 13.4. The summed E-state index contributed by atoms with van der Waals surface area (Å²) in [5, 5.41) is 0. The second kappa shape index (κ2) is 8.20. The van der Waals surface area contributed by atoms with Gasteiger partial charge in [0.1, 0.15) is 0 Å². The van der Waals surface area contributed by atoms with E-state index in [0.29, 0.717) is 18.5 Å². The lowest BCUT2D eigenvalue weighted by Gasteiger charge is -2.19. The minimum atomic E-state index is -0.150. The standard InChI is InChI=1S/C17H28N2O2/c1-3-5-6-7-8-10-15(9-4-2)19-13-14-11-12-21-16(14)18-17(19)20/h13,15H,3-12H2,1-2H3. The minimum Gasteiger partial charge on any atom is -0.477 e. The molecule has 21 heavy (non-hydrogen) atoms. The Morgan fingerprint density at radius 1 is 1.19 bits per heavy atom. The molecule has 2 rings (SSSR count). The largest absolute Gasteiger partial charge is 0.477 e. The van der Waals surface area contributed by atoms with E-state index >= 15 is 0 Å². The van der Waals surface area contributed by atoms with Gasteiger partial charge in [0, 0.05) is 24.2 Å². The first-order chi connectivity index (χ1) is 10.3. The van der Waals surface area contributed by atoms with E-state index in [4.69, 9.17) is 4.74 Å². The van der Waals surface area contributed by atoms with Gasteiger partial charge >= 0.3 is 5.69 Å². The maximum atomic E-state index is 12.2. The van der Waals surface area contributed by atoms with Crippen LogP contribution in [-0.2, 0) is 6.42 Å². The fourth-order valence-corrected chi connectivity index (χ4v) is 3.05. The van der Waals surface area contributed by atoms with Crippen LogP contribution in [0.1, 0.15) is 76.8 Å². The molecule has 1 atom stereocenters. The van der Waals surface area contributed by atoms with Gasteiger partial charge in [-0.1, -0.05) is 52.4 Å². The molecule has 0 bridgehead atoms. The summed E-state index contributed by atoms with van der Waals surface area (Å²) in [6.45, 7) is 5.07. The van der Waals surface area contributed by atoms with E-state index in [-0.39, 0.29) is 5.69 Å². The summed E-state index contributed by atoms with van der Waals surface area (Å²) >= 11 is 0. The Balaban J connectivity index is 2.02. The van der Waals surface area contributed by atoms with Gasteiger partial charge in [-0.2, -0.15) is 4.98 Å². The lowest BCUT2D eigenvalue weighted by atomic mass is 10.0. The predicted octanol–water partition coefficient (Wildman–Crippen LogP) is 3.88. The third kappa shape index (κ3) is 4.32. The summed E-state index contributed by atoms with van der Waals surface area (Å²) in [6.07, 6.45) is 12.5. The van der Waals surface area contributed by atoms with E-state index in [0.717, 1.165) is 31.2 Å². The van der Waals surface area contributed by atoms with Gasteiger partial charge in [-0.15, -0.1) is 0 Å². The fourth-order valence-electron chi connectivity index (χ4n) is 3.05. The van der Waals surface area contributed by atoms with Crippen LogP contribution >= 0.6 is 0 Å². The summed E-state index contributed by atoms with van der Waals surface area (Å²) in [5.74, 6) is 0.550. The van der Waals surface area contributed by atoms with E-state index in [1.807, 2.05) is 10.8 Å². The van der Waals surface area contributed by atoms with E-state index < -0.39 is 0 Å². The van der Waals surface area contributed by atoms with Crippen LogP contribution in [0.25, 0.3) is 0 Å². The normalized spacial score (nSPS) is 14.8. The Kier molecular flexibility index (Phi) is 6.27. The van der Waals surface area contributed by atoms with Crippen molar-refractivity contribution in [2.24, 2.45) is 0 Å². The third-order valence-electron chi connectivity index (χ3n) is 4.25. The average Bonchev–Trinajstić information content (AvgIpc) is 2.92. The number of nitrogens with zero attached hydrogens (tertiary/aromatic N) is 2. The van der Waals surface area contributed by atoms with Crippen LogP contribution in [0.15, 0.2) is 11.0 Å². The molecule has 4 nitrogen and oxygen atoms in total. The van der Waals surface area contributed by atoms with Crippen LogP contribution in [0.5, 0.6) is 5.88 Å². The molecule has 0 saturated heterocycles. The molecule has 0 amide bonds. The zero-order chi connectivity index (χ0) is 15.1. The van der Waals surface area contributed by atoms with Crippen molar-refractivity contribution in [3.8, 4) is 5.88 Å². The summed E-state index contributed by atoms with van der Waals surface area (Å²) in [5.41, 5.74) is 0.935. The molecule has 1 unspecified atom stereocenters. The topological polar surface area (TPSA) is 44.1 Å². The van der Waals surface area contributed by atoms with Gasteiger partial charge in [-0.05, 0) is 12.8 Å². The Labute approximate surface area is 127 Å². The van der Waals surface area contributed by atoms with Crippen molar-refractivity contribution in [2.75, 3.05) is 6.61 Å². The lowest BCUT2D eigenvalue weighted by Crippen LogP contribution is -2.27. The monoisotopic (exact) mass is 292 g/mol. The van der Waals surface area contributed by atoms with Crippen molar-refractivity contribution in [3.63, 3.8) is 0 Å². The molecular formula is C17H28N2O2. The highest BCUT2D eigenvalue weighted by Gasteiger charge is 2.19. The van der Waals surface area contributed by atoms with E-state index in [2.05, 4.69) is 18.8 Å². The Morgan fingerprint density at radius 2 is 2.00 bits per heavy atom. The molecule has 0 spiro atoms. The van der Waals surface area contributed by atoms with Crippen LogP contribution in [0.3, 0.4) is 0 Å². The first-order valence-electron chi connectivity index (χ1n) is 8.51. The summed E-state index contributed by atoms with van der Waals surface area (Å²) in [4.78, 5) is 16.3. The number of hydrogen-bond donors (Lipinski definition) is 0. The van der Waals surface area contributed by atoms with Gasteiger partial charge in [0.25, 0.3) is 0 Å². The molecule has 0 fully saturated rings. The molecule has 1 aromatic heterocycles. The number of aromatic nitrogens is 2. The molecule has 118 valence electrons. The second-order valence-corrected chi connectivity index (χ2v) is 6.00. The minimum absolute atomic E-state index is 0.150. The molecule has 0 N–H and O–H groups in total. The van der Waals surface area contributed by atoms with Crippen LogP contribution in [-0.4, -0.2) is 16.2 Å². The van der Waals surface area contributed by atoms with E-state index in [9.17, 15) is 4.79 Å². The fraction of sp³-hybridized carbons (Fsp3) is 0.765. The smallest absolute Gasteiger partial charge is 0.351 e. The molecule has 1 aromatic rings. The highest BCUT2D eigenvalue weighted by Crippen LogP contribution is 2.24. The van der Waals surface area contributed by atoms with Crippen LogP contribution in [0, 0.1) is 0 Å². The van der Waals surface area contributed by atoms with Crippen LogP contribution in [0.2, 0.25) is 0 Å². The summed E-state index contributed by atoms with van der Waals surface area (Å²) in [7, 11) is 0. The second-order valence-electron chi connectivity index (χ2n) is 6.00. The Bertz CT molecular complexity index is 496. The molecule has 0 saturated carbocycles. The third-order valence-corrected chi connectivity index (χ3v) is 4.25. The van der Waals surface area contributed by atoms with Gasteiger partial charge < -0.3 is 4.74 Å². The maximum Gasteiger partial charge on any atom is 0.351 e. The molecule has 4 heteroatoms. The van der Waals surface area contributed by atoms with E-state index in [1.54, 1.807) is 0 Å². The Hall–Kier alpha value is -1.32. The van der Waals surface area contributed by atoms with Gasteiger partial charge in [-0.3, -0.25) is 4.57 Å². The van der Waals surface area contributed by atoms with Crippen LogP contribution < -0.4 is 10.4 Å². The first kappa shape index (κ1) is 16.1. The molecule has 1 aliphatic heterocycles. The van der Waals surface area contributed by atoms with Crippen molar-refractivity contribution < 1.29 is 4.74 Å². The SMILES string of the molecule is CCCCCCCC(CCC)n1cc2c(nc1=O)OCC2. The number of hydrogen-bond acceptors (Lipinski definition) is 3. The number of fused-ring (bicyclic) bond motifs is 1. The predicted molar refractivity (Wildman–Crippen MR) is 85.0 cm³/mol. The molecule has 2 heterocycles.